The third kappa shape index (κ3) is 5.35. The van der Waals surface area contributed by atoms with Crippen molar-refractivity contribution in [2.75, 3.05) is 4.90 Å². The predicted octanol–water partition coefficient (Wildman–Crippen LogP) is 15.0. The highest BCUT2D eigenvalue weighted by Gasteiger charge is 2.42. The Labute approximate surface area is 350 Å². The van der Waals surface area contributed by atoms with Crippen molar-refractivity contribution >= 4 is 60.6 Å². The lowest BCUT2D eigenvalue weighted by atomic mass is 9.77. The molecule has 0 saturated heterocycles. The number of aromatic nitrogens is 1. The highest BCUT2D eigenvalue weighted by Crippen LogP contribution is 2.54. The molecule has 3 heteroatoms. The minimum Gasteiger partial charge on any atom is -0.455 e. The molecule has 0 aliphatic heterocycles. The van der Waals surface area contributed by atoms with E-state index in [0.29, 0.717) is 0 Å². The highest BCUT2D eigenvalue weighted by molar-refractivity contribution is 6.11. The topological polar surface area (TPSA) is 21.3 Å². The van der Waals surface area contributed by atoms with Crippen LogP contribution in [0.4, 0.5) is 5.69 Å². The number of allylic oxidation sites excluding steroid dienone is 6. The van der Waals surface area contributed by atoms with E-state index >= 15 is 0 Å². The zero-order chi connectivity index (χ0) is 40.0. The SMILES string of the molecule is CC1(C)C2=C(C=CC(N(C3=CC=C(c4ccc5c(c4)c4ccccc4n5-c4ccccc4)CC3)c3ccc(-c4ccccc4)cc3)C2)c2c1ccc1c2oc2ccccc21. The van der Waals surface area contributed by atoms with E-state index < -0.39 is 0 Å². The monoisotopic (exact) mass is 772 g/mol. The number of fused-ring (bicyclic) bond motifs is 9. The van der Waals surface area contributed by atoms with E-state index in [1.807, 2.05) is 0 Å². The first-order chi connectivity index (χ1) is 29.5. The Kier molecular flexibility index (Phi) is 7.84. The summed E-state index contributed by atoms with van der Waals surface area (Å²) in [6.07, 6.45) is 12.5. The maximum atomic E-state index is 6.64. The molecule has 0 bridgehead atoms. The van der Waals surface area contributed by atoms with Crippen LogP contribution in [0.5, 0.6) is 0 Å². The number of rotatable bonds is 6. The third-order valence-electron chi connectivity index (χ3n) is 13.5. The number of nitrogens with zero attached hydrogens (tertiary/aromatic N) is 2. The molecule has 1 unspecified atom stereocenters. The van der Waals surface area contributed by atoms with Gasteiger partial charge in [-0.3, -0.25) is 0 Å². The quantitative estimate of drug-likeness (QED) is 0.168. The van der Waals surface area contributed by atoms with Crippen molar-refractivity contribution in [2.24, 2.45) is 0 Å². The molecule has 3 aliphatic rings. The standard InChI is InChI=1S/C57H44N2O/c1-57(2)50-33-32-47-46-18-10-12-20-54(46)60-56(47)55(50)48-31-30-44(36-51(48)57)58(42-26-21-38(22-27-42)37-13-5-3-6-14-37)43-28-23-39(24-29-43)40-25-34-53-49(35-40)45-17-9-11-19-52(45)59(53)41-15-7-4-8-16-41/h3-23,25-28,30-35,44H,24,29,36H2,1-2H3. The molecular weight excluding hydrogens is 729 g/mol. The van der Waals surface area contributed by atoms with E-state index in [1.165, 1.54) is 94.2 Å². The maximum Gasteiger partial charge on any atom is 0.143 e. The Balaban J connectivity index is 0.934. The number of furan rings is 1. The average Bonchev–Trinajstić information content (AvgIpc) is 3.92. The first-order valence-corrected chi connectivity index (χ1v) is 21.3. The zero-order valence-corrected chi connectivity index (χ0v) is 33.9. The molecular formula is C57H44N2O. The molecule has 2 aromatic heterocycles. The molecule has 288 valence electrons. The van der Waals surface area contributed by atoms with Crippen molar-refractivity contribution in [1.82, 2.24) is 4.57 Å². The summed E-state index contributed by atoms with van der Waals surface area (Å²) in [4.78, 5) is 2.62. The Morgan fingerprint density at radius 1 is 0.600 bits per heavy atom. The van der Waals surface area contributed by atoms with Crippen molar-refractivity contribution in [3.8, 4) is 16.8 Å². The fourth-order valence-electron chi connectivity index (χ4n) is 10.5. The lowest BCUT2D eigenvalue weighted by molar-refractivity contribution is 0.577. The molecule has 3 aliphatic carbocycles. The van der Waals surface area contributed by atoms with E-state index in [2.05, 4.69) is 211 Å². The van der Waals surface area contributed by atoms with Crippen LogP contribution in [0.1, 0.15) is 49.8 Å². The maximum absolute atomic E-state index is 6.64. The highest BCUT2D eigenvalue weighted by atomic mass is 16.3. The van der Waals surface area contributed by atoms with Gasteiger partial charge in [0.2, 0.25) is 0 Å². The Hall–Kier alpha value is -7.10. The van der Waals surface area contributed by atoms with Crippen molar-refractivity contribution in [2.45, 2.75) is 44.6 Å². The van der Waals surface area contributed by atoms with Gasteiger partial charge in [0.25, 0.3) is 0 Å². The van der Waals surface area contributed by atoms with Crippen LogP contribution in [-0.2, 0) is 5.41 Å². The van der Waals surface area contributed by atoms with Gasteiger partial charge in [0.05, 0.1) is 17.1 Å². The summed E-state index contributed by atoms with van der Waals surface area (Å²) < 4.78 is 9.04. The predicted molar refractivity (Wildman–Crippen MR) is 252 cm³/mol. The second-order valence-electron chi connectivity index (χ2n) is 17.2. The summed E-state index contributed by atoms with van der Waals surface area (Å²) in [5, 5.41) is 4.95. The molecule has 0 radical (unpaired) electrons. The summed E-state index contributed by atoms with van der Waals surface area (Å²) in [5.74, 6) is 0. The van der Waals surface area contributed by atoms with E-state index in [9.17, 15) is 0 Å². The van der Waals surface area contributed by atoms with Crippen LogP contribution in [0.3, 0.4) is 0 Å². The van der Waals surface area contributed by atoms with Gasteiger partial charge < -0.3 is 13.9 Å². The summed E-state index contributed by atoms with van der Waals surface area (Å²) >= 11 is 0. The molecule has 12 rings (SSSR count). The molecule has 3 nitrogen and oxygen atoms in total. The lowest BCUT2D eigenvalue weighted by Gasteiger charge is -2.39. The van der Waals surface area contributed by atoms with Crippen molar-refractivity contribution in [3.05, 3.63) is 216 Å². The van der Waals surface area contributed by atoms with Gasteiger partial charge in [0.1, 0.15) is 11.2 Å². The van der Waals surface area contributed by atoms with Crippen molar-refractivity contribution < 1.29 is 4.42 Å². The molecule has 60 heavy (non-hydrogen) atoms. The van der Waals surface area contributed by atoms with Crippen LogP contribution in [-0.4, -0.2) is 10.6 Å². The Morgan fingerprint density at radius 2 is 1.30 bits per heavy atom. The van der Waals surface area contributed by atoms with Gasteiger partial charge in [0.15, 0.2) is 0 Å². The Bertz CT molecular complexity index is 3300. The second kappa shape index (κ2) is 13.5. The van der Waals surface area contributed by atoms with Gasteiger partial charge in [0, 0.05) is 49.6 Å². The van der Waals surface area contributed by atoms with E-state index in [0.717, 1.165) is 30.4 Å². The van der Waals surface area contributed by atoms with Crippen LogP contribution in [0, 0.1) is 0 Å². The lowest BCUT2D eigenvalue weighted by Crippen LogP contribution is -2.36. The first-order valence-electron chi connectivity index (χ1n) is 21.3. The smallest absolute Gasteiger partial charge is 0.143 e. The van der Waals surface area contributed by atoms with E-state index in [1.54, 1.807) is 0 Å². The van der Waals surface area contributed by atoms with Crippen LogP contribution in [0.15, 0.2) is 204 Å². The van der Waals surface area contributed by atoms with Gasteiger partial charge >= 0.3 is 0 Å². The van der Waals surface area contributed by atoms with Crippen LogP contribution in [0.25, 0.3) is 71.7 Å². The number of hydrogen-bond donors (Lipinski definition) is 0. The Morgan fingerprint density at radius 3 is 2.10 bits per heavy atom. The summed E-state index contributed by atoms with van der Waals surface area (Å²) in [5.41, 5.74) is 18.6. The van der Waals surface area contributed by atoms with Gasteiger partial charge in [-0.2, -0.15) is 0 Å². The van der Waals surface area contributed by atoms with Crippen molar-refractivity contribution in [3.63, 3.8) is 0 Å². The van der Waals surface area contributed by atoms with Crippen LogP contribution in [0.2, 0.25) is 0 Å². The number of anilines is 1. The largest absolute Gasteiger partial charge is 0.455 e. The second-order valence-corrected chi connectivity index (χ2v) is 17.2. The number of benzene rings is 7. The van der Waals surface area contributed by atoms with E-state index in [4.69, 9.17) is 4.42 Å². The average molecular weight is 773 g/mol. The number of para-hydroxylation sites is 3. The van der Waals surface area contributed by atoms with Crippen molar-refractivity contribution in [1.29, 1.82) is 0 Å². The van der Waals surface area contributed by atoms with Gasteiger partial charge in [-0.25, -0.2) is 0 Å². The minimum absolute atomic E-state index is 0.125. The minimum atomic E-state index is -0.125. The van der Waals surface area contributed by atoms with Gasteiger partial charge in [-0.05, 0) is 113 Å². The third-order valence-corrected chi connectivity index (χ3v) is 13.5. The molecule has 0 saturated carbocycles. The molecule has 0 fully saturated rings. The summed E-state index contributed by atoms with van der Waals surface area (Å²) in [6.45, 7) is 4.81. The first kappa shape index (κ1) is 34.9. The fraction of sp³-hybridized carbons (Fsp3) is 0.123. The molecule has 9 aromatic rings. The zero-order valence-electron chi connectivity index (χ0n) is 33.9. The molecule has 0 amide bonds. The van der Waals surface area contributed by atoms with Gasteiger partial charge in [-0.15, -0.1) is 0 Å². The molecule has 1 atom stereocenters. The number of hydrogen-bond acceptors (Lipinski definition) is 2. The summed E-state index contributed by atoms with van der Waals surface area (Å²) in [6, 6.07) is 59.7. The van der Waals surface area contributed by atoms with Gasteiger partial charge in [-0.1, -0.05) is 147 Å². The van der Waals surface area contributed by atoms with Crippen LogP contribution >= 0.6 is 0 Å². The molecule has 0 spiro atoms. The molecule has 0 N–H and O–H groups in total. The summed E-state index contributed by atoms with van der Waals surface area (Å²) in [7, 11) is 0. The molecule has 2 heterocycles. The van der Waals surface area contributed by atoms with E-state index in [-0.39, 0.29) is 11.5 Å². The fourth-order valence-corrected chi connectivity index (χ4v) is 10.5. The van der Waals surface area contributed by atoms with Crippen LogP contribution < -0.4 is 4.90 Å². The molecule has 7 aromatic carbocycles. The normalized spacial score (nSPS) is 17.0.